The average molecular weight is 218 g/mol. The van der Waals surface area contributed by atoms with Gasteiger partial charge in [-0.3, -0.25) is 0 Å². The van der Waals surface area contributed by atoms with E-state index in [9.17, 15) is 5.11 Å². The van der Waals surface area contributed by atoms with Crippen molar-refractivity contribution in [1.82, 2.24) is 0 Å². The van der Waals surface area contributed by atoms with Crippen molar-refractivity contribution in [3.8, 4) is 0 Å². The summed E-state index contributed by atoms with van der Waals surface area (Å²) in [5.41, 5.74) is 0.778. The van der Waals surface area contributed by atoms with Crippen molar-refractivity contribution in [2.24, 2.45) is 5.92 Å². The lowest BCUT2D eigenvalue weighted by Gasteiger charge is -2.26. The third-order valence-corrected chi connectivity index (χ3v) is 4.23. The quantitative estimate of drug-likeness (QED) is 0.825. The number of hydrogen-bond donors (Lipinski definition) is 1. The highest BCUT2D eigenvalue weighted by Gasteiger charge is 2.57. The van der Waals surface area contributed by atoms with E-state index < -0.39 is 5.60 Å². The van der Waals surface area contributed by atoms with Crippen LogP contribution in [-0.4, -0.2) is 23.4 Å². The normalized spacial score (nSPS) is 42.2. The minimum absolute atomic E-state index is 0.00814. The summed E-state index contributed by atoms with van der Waals surface area (Å²) in [7, 11) is 0. The van der Waals surface area contributed by atoms with Gasteiger partial charge >= 0.3 is 0 Å². The fourth-order valence-electron chi connectivity index (χ4n) is 3.05. The lowest BCUT2D eigenvalue weighted by atomic mass is 9.88. The third-order valence-electron chi connectivity index (χ3n) is 4.23. The predicted octanol–water partition coefficient (Wildman–Crippen LogP) is 2.33. The standard InChI is InChI=1S/C14H18O2/c1-10-14(15,7-8-16-10)13-9-12(13)11-5-3-2-4-6-11/h2-6,10,12-13,15H,7-9H2,1H3. The van der Waals surface area contributed by atoms with Crippen LogP contribution in [-0.2, 0) is 4.74 Å². The summed E-state index contributed by atoms with van der Waals surface area (Å²) in [6.45, 7) is 2.70. The van der Waals surface area contributed by atoms with Crippen molar-refractivity contribution in [2.75, 3.05) is 6.61 Å². The second-order valence-electron chi connectivity index (χ2n) is 5.11. The molecule has 0 spiro atoms. The van der Waals surface area contributed by atoms with Gasteiger partial charge in [0, 0.05) is 13.0 Å². The van der Waals surface area contributed by atoms with E-state index in [0.29, 0.717) is 18.4 Å². The lowest BCUT2D eigenvalue weighted by molar-refractivity contribution is -0.0446. The molecule has 2 fully saturated rings. The number of hydrogen-bond acceptors (Lipinski definition) is 2. The molecule has 0 bridgehead atoms. The second-order valence-corrected chi connectivity index (χ2v) is 5.11. The van der Waals surface area contributed by atoms with Gasteiger partial charge in [0.2, 0.25) is 0 Å². The van der Waals surface area contributed by atoms with Crippen LogP contribution in [0.4, 0.5) is 0 Å². The van der Waals surface area contributed by atoms with Gasteiger partial charge in [-0.15, -0.1) is 0 Å². The number of benzene rings is 1. The van der Waals surface area contributed by atoms with Gasteiger partial charge in [-0.2, -0.15) is 0 Å². The minimum atomic E-state index is -0.583. The fourth-order valence-corrected chi connectivity index (χ4v) is 3.05. The van der Waals surface area contributed by atoms with Gasteiger partial charge in [0.25, 0.3) is 0 Å². The first-order valence-corrected chi connectivity index (χ1v) is 6.11. The molecule has 2 heteroatoms. The molecule has 1 aliphatic heterocycles. The Morgan fingerprint density at radius 1 is 1.31 bits per heavy atom. The van der Waals surface area contributed by atoms with E-state index in [1.54, 1.807) is 0 Å². The molecule has 1 aliphatic carbocycles. The second kappa shape index (κ2) is 3.57. The maximum atomic E-state index is 10.6. The predicted molar refractivity (Wildman–Crippen MR) is 62.3 cm³/mol. The average Bonchev–Trinajstić information content (AvgIpc) is 3.04. The molecule has 0 radical (unpaired) electrons. The molecule has 4 unspecified atom stereocenters. The lowest BCUT2D eigenvalue weighted by Crippen LogP contribution is -2.39. The van der Waals surface area contributed by atoms with E-state index in [0.717, 1.165) is 12.8 Å². The Kier molecular flexibility index (Phi) is 2.30. The van der Waals surface area contributed by atoms with E-state index in [1.165, 1.54) is 5.56 Å². The van der Waals surface area contributed by atoms with Crippen LogP contribution in [0.2, 0.25) is 0 Å². The van der Waals surface area contributed by atoms with Gasteiger partial charge in [0.1, 0.15) is 0 Å². The fraction of sp³-hybridized carbons (Fsp3) is 0.571. The molecule has 1 aromatic carbocycles. The first-order chi connectivity index (χ1) is 7.72. The Labute approximate surface area is 96.2 Å². The van der Waals surface area contributed by atoms with Crippen LogP contribution in [0.15, 0.2) is 30.3 Å². The highest BCUT2D eigenvalue weighted by molar-refractivity contribution is 5.28. The maximum absolute atomic E-state index is 10.6. The first kappa shape index (κ1) is 10.3. The summed E-state index contributed by atoms with van der Waals surface area (Å²) >= 11 is 0. The van der Waals surface area contributed by atoms with Gasteiger partial charge in [-0.1, -0.05) is 30.3 Å². The van der Waals surface area contributed by atoms with E-state index in [4.69, 9.17) is 4.74 Å². The Morgan fingerprint density at radius 2 is 2.06 bits per heavy atom. The summed E-state index contributed by atoms with van der Waals surface area (Å²) in [5.74, 6) is 0.933. The van der Waals surface area contributed by atoms with Crippen LogP contribution < -0.4 is 0 Å². The summed E-state index contributed by atoms with van der Waals surface area (Å²) in [5, 5.41) is 10.6. The Morgan fingerprint density at radius 3 is 2.69 bits per heavy atom. The largest absolute Gasteiger partial charge is 0.387 e. The SMILES string of the molecule is CC1OCCC1(O)C1CC1c1ccccc1. The molecule has 2 nitrogen and oxygen atoms in total. The monoisotopic (exact) mass is 218 g/mol. The van der Waals surface area contributed by atoms with E-state index in [1.807, 2.05) is 13.0 Å². The zero-order valence-corrected chi connectivity index (χ0v) is 9.60. The maximum Gasteiger partial charge on any atom is 0.0961 e. The van der Waals surface area contributed by atoms with Crippen molar-refractivity contribution in [3.05, 3.63) is 35.9 Å². The minimum Gasteiger partial charge on any atom is -0.387 e. The van der Waals surface area contributed by atoms with E-state index in [-0.39, 0.29) is 6.10 Å². The van der Waals surface area contributed by atoms with Crippen LogP contribution in [0.5, 0.6) is 0 Å². The van der Waals surface area contributed by atoms with Gasteiger partial charge < -0.3 is 9.84 Å². The zero-order valence-electron chi connectivity index (χ0n) is 9.60. The first-order valence-electron chi connectivity index (χ1n) is 6.11. The summed E-state index contributed by atoms with van der Waals surface area (Å²) in [6, 6.07) is 10.5. The van der Waals surface area contributed by atoms with E-state index >= 15 is 0 Å². The molecule has 1 N–H and O–H groups in total. The van der Waals surface area contributed by atoms with Crippen molar-refractivity contribution in [2.45, 2.75) is 37.4 Å². The topological polar surface area (TPSA) is 29.5 Å². The smallest absolute Gasteiger partial charge is 0.0961 e. The van der Waals surface area contributed by atoms with Crippen molar-refractivity contribution >= 4 is 0 Å². The number of rotatable bonds is 2. The molecule has 0 amide bonds. The van der Waals surface area contributed by atoms with Crippen molar-refractivity contribution in [1.29, 1.82) is 0 Å². The van der Waals surface area contributed by atoms with Gasteiger partial charge in [-0.05, 0) is 30.7 Å². The van der Waals surface area contributed by atoms with Crippen LogP contribution >= 0.6 is 0 Å². The van der Waals surface area contributed by atoms with Crippen LogP contribution in [0.1, 0.15) is 31.2 Å². The van der Waals surface area contributed by atoms with Crippen LogP contribution in [0, 0.1) is 5.92 Å². The van der Waals surface area contributed by atoms with E-state index in [2.05, 4.69) is 24.3 Å². The molecule has 3 rings (SSSR count). The molecule has 1 saturated carbocycles. The molecule has 16 heavy (non-hydrogen) atoms. The Hall–Kier alpha value is -0.860. The van der Waals surface area contributed by atoms with Crippen molar-refractivity contribution < 1.29 is 9.84 Å². The van der Waals surface area contributed by atoms with Crippen molar-refractivity contribution in [3.63, 3.8) is 0 Å². The van der Waals surface area contributed by atoms with Gasteiger partial charge in [-0.25, -0.2) is 0 Å². The highest BCUT2D eigenvalue weighted by Crippen LogP contribution is 2.56. The molecule has 1 heterocycles. The molecule has 4 atom stereocenters. The molecule has 1 saturated heterocycles. The highest BCUT2D eigenvalue weighted by atomic mass is 16.5. The summed E-state index contributed by atoms with van der Waals surface area (Å²) in [6.07, 6.45) is 1.89. The molecule has 86 valence electrons. The summed E-state index contributed by atoms with van der Waals surface area (Å²) < 4.78 is 5.50. The molecule has 2 aliphatic rings. The van der Waals surface area contributed by atoms with Crippen LogP contribution in [0.25, 0.3) is 0 Å². The Bertz CT molecular complexity index is 376. The summed E-state index contributed by atoms with van der Waals surface area (Å²) in [4.78, 5) is 0. The van der Waals surface area contributed by atoms with Crippen LogP contribution in [0.3, 0.4) is 0 Å². The molecular weight excluding hydrogens is 200 g/mol. The van der Waals surface area contributed by atoms with Gasteiger partial charge in [0.15, 0.2) is 0 Å². The number of aliphatic hydroxyl groups is 1. The zero-order chi connectivity index (χ0) is 11.2. The number of ether oxygens (including phenoxy) is 1. The third kappa shape index (κ3) is 1.48. The van der Waals surface area contributed by atoms with Gasteiger partial charge in [0.05, 0.1) is 11.7 Å². The molecule has 1 aromatic rings. The molecular formula is C14H18O2. The Balaban J connectivity index is 1.77. The molecule has 0 aromatic heterocycles.